The summed E-state index contributed by atoms with van der Waals surface area (Å²) in [5.74, 6) is -0.838. The Balaban J connectivity index is 1.51. The van der Waals surface area contributed by atoms with Crippen molar-refractivity contribution in [2.45, 2.75) is 4.90 Å². The fourth-order valence-electron chi connectivity index (χ4n) is 3.52. The van der Waals surface area contributed by atoms with Gasteiger partial charge in [0.2, 0.25) is 0 Å². The highest BCUT2D eigenvalue weighted by molar-refractivity contribution is 8.00. The maximum absolute atomic E-state index is 13.3. The first-order valence-corrected chi connectivity index (χ1v) is 12.8. The third kappa shape index (κ3) is 7.73. The van der Waals surface area contributed by atoms with Gasteiger partial charge in [-0.05, 0) is 54.1 Å². The smallest absolute Gasteiger partial charge is 0.272 e. The summed E-state index contributed by atoms with van der Waals surface area (Å²) in [6, 6.07) is 30.1. The highest BCUT2D eigenvalue weighted by Gasteiger charge is 2.16. The topological polar surface area (TPSA) is 118 Å². The zero-order valence-corrected chi connectivity index (χ0v) is 21.4. The molecule has 0 saturated carbocycles. The van der Waals surface area contributed by atoms with Crippen LogP contribution in [0.4, 0.5) is 11.4 Å². The van der Waals surface area contributed by atoms with Crippen LogP contribution in [0, 0.1) is 10.1 Å². The minimum Gasteiger partial charge on any atom is -0.321 e. The van der Waals surface area contributed by atoms with E-state index in [0.717, 1.165) is 4.90 Å². The van der Waals surface area contributed by atoms with Gasteiger partial charge in [-0.3, -0.25) is 24.5 Å². The quantitative estimate of drug-likeness (QED) is 0.0845. The van der Waals surface area contributed by atoms with Crippen LogP contribution >= 0.6 is 11.8 Å². The Morgan fingerprint density at radius 2 is 1.44 bits per heavy atom. The average Bonchev–Trinajstić information content (AvgIpc) is 2.97. The molecule has 0 radical (unpaired) electrons. The van der Waals surface area contributed by atoms with Gasteiger partial charge in [-0.25, -0.2) is 0 Å². The predicted molar refractivity (Wildman–Crippen MR) is 152 cm³/mol. The normalized spacial score (nSPS) is 10.9. The van der Waals surface area contributed by atoms with E-state index in [9.17, 15) is 24.5 Å². The maximum Gasteiger partial charge on any atom is 0.272 e. The molecule has 0 unspecified atom stereocenters. The molecule has 0 spiro atoms. The van der Waals surface area contributed by atoms with Crippen molar-refractivity contribution in [1.29, 1.82) is 0 Å². The van der Waals surface area contributed by atoms with E-state index in [1.165, 1.54) is 42.1 Å². The number of carbonyl (C=O) groups is 3. The number of amides is 2. The summed E-state index contributed by atoms with van der Waals surface area (Å²) < 4.78 is 0. The van der Waals surface area contributed by atoms with Gasteiger partial charge in [-0.15, -0.1) is 11.8 Å². The third-order valence-corrected chi connectivity index (χ3v) is 6.50. The second-order valence-corrected chi connectivity index (χ2v) is 9.34. The van der Waals surface area contributed by atoms with E-state index in [-0.39, 0.29) is 22.9 Å². The van der Waals surface area contributed by atoms with Gasteiger partial charge in [0.25, 0.3) is 17.5 Å². The van der Waals surface area contributed by atoms with Crippen LogP contribution in [0.1, 0.15) is 26.3 Å². The lowest BCUT2D eigenvalue weighted by Crippen LogP contribution is -2.30. The zero-order valence-electron chi connectivity index (χ0n) is 20.6. The lowest BCUT2D eigenvalue weighted by atomic mass is 10.1. The molecule has 0 aliphatic rings. The van der Waals surface area contributed by atoms with Crippen molar-refractivity contribution in [2.75, 3.05) is 11.1 Å². The van der Waals surface area contributed by atoms with E-state index in [0.29, 0.717) is 22.4 Å². The van der Waals surface area contributed by atoms with Gasteiger partial charge in [0.15, 0.2) is 5.78 Å². The Morgan fingerprint density at radius 3 is 2.08 bits per heavy atom. The fourth-order valence-corrected chi connectivity index (χ4v) is 4.37. The van der Waals surface area contributed by atoms with Crippen molar-refractivity contribution in [1.82, 2.24) is 5.32 Å². The second-order valence-electron chi connectivity index (χ2n) is 8.29. The molecule has 0 aromatic heterocycles. The number of nitro benzene ring substituents is 1. The van der Waals surface area contributed by atoms with Crippen LogP contribution in [-0.2, 0) is 4.79 Å². The first kappa shape index (κ1) is 27.0. The lowest BCUT2D eigenvalue weighted by molar-refractivity contribution is -0.384. The molecule has 0 heterocycles. The monoisotopic (exact) mass is 537 g/mol. The van der Waals surface area contributed by atoms with Gasteiger partial charge in [0.05, 0.1) is 10.7 Å². The van der Waals surface area contributed by atoms with Gasteiger partial charge in [-0.1, -0.05) is 54.6 Å². The van der Waals surface area contributed by atoms with Gasteiger partial charge in [-0.2, -0.15) is 0 Å². The summed E-state index contributed by atoms with van der Waals surface area (Å²) in [5, 5.41) is 16.4. The molecule has 194 valence electrons. The van der Waals surface area contributed by atoms with Crippen LogP contribution in [0.15, 0.2) is 120 Å². The summed E-state index contributed by atoms with van der Waals surface area (Å²) in [5.41, 5.74) is 1.82. The second kappa shape index (κ2) is 13.0. The highest BCUT2D eigenvalue weighted by Crippen LogP contribution is 2.23. The summed E-state index contributed by atoms with van der Waals surface area (Å²) in [4.78, 5) is 49.8. The van der Waals surface area contributed by atoms with E-state index in [1.807, 2.05) is 24.3 Å². The molecular weight excluding hydrogens is 514 g/mol. The van der Waals surface area contributed by atoms with Crippen molar-refractivity contribution in [3.63, 3.8) is 0 Å². The molecular formula is C30H23N3O5S. The Labute approximate surface area is 228 Å². The van der Waals surface area contributed by atoms with E-state index < -0.39 is 16.7 Å². The zero-order chi connectivity index (χ0) is 27.6. The minimum absolute atomic E-state index is 0.00743. The molecule has 2 amide bonds. The first-order valence-electron chi connectivity index (χ1n) is 11.8. The molecule has 0 aliphatic heterocycles. The predicted octanol–water partition coefficient (Wildman–Crippen LogP) is 5.98. The molecule has 2 N–H and O–H groups in total. The standard InChI is InChI=1S/C30H23N3O5S/c34-28(22-8-3-1-4-9-22)20-39-26-13-7-12-24(19-26)31-30(36)27(32-29(35)23-10-5-2-6-11-23)18-21-14-16-25(17-15-21)33(37)38/h1-19H,20H2,(H,31,36)(H,32,35)/b27-18-. The summed E-state index contributed by atoms with van der Waals surface area (Å²) in [7, 11) is 0. The van der Waals surface area contributed by atoms with Crippen molar-refractivity contribution in [2.24, 2.45) is 0 Å². The molecule has 8 nitrogen and oxygen atoms in total. The molecule has 4 aromatic carbocycles. The minimum atomic E-state index is -0.583. The number of carbonyl (C=O) groups excluding carboxylic acids is 3. The maximum atomic E-state index is 13.3. The van der Waals surface area contributed by atoms with Crippen molar-refractivity contribution < 1.29 is 19.3 Å². The first-order chi connectivity index (χ1) is 18.9. The number of rotatable bonds is 10. The summed E-state index contributed by atoms with van der Waals surface area (Å²) >= 11 is 1.35. The fraction of sp³-hybridized carbons (Fsp3) is 0.0333. The molecule has 0 fully saturated rings. The largest absolute Gasteiger partial charge is 0.321 e. The number of ketones is 1. The van der Waals surface area contributed by atoms with Crippen molar-refractivity contribution >= 4 is 46.8 Å². The summed E-state index contributed by atoms with van der Waals surface area (Å²) in [6.45, 7) is 0. The molecule has 4 aromatic rings. The molecule has 0 saturated heterocycles. The van der Waals surface area contributed by atoms with Crippen LogP contribution < -0.4 is 10.6 Å². The number of nitrogens with one attached hydrogen (secondary N) is 2. The van der Waals surface area contributed by atoms with Crippen LogP contribution in [0.2, 0.25) is 0 Å². The van der Waals surface area contributed by atoms with E-state index in [1.54, 1.807) is 60.7 Å². The Morgan fingerprint density at radius 1 is 0.795 bits per heavy atom. The molecule has 4 rings (SSSR count). The number of nitrogens with zero attached hydrogens (tertiary/aromatic N) is 1. The number of hydrogen-bond donors (Lipinski definition) is 2. The number of benzene rings is 4. The number of hydrogen-bond acceptors (Lipinski definition) is 6. The molecule has 0 atom stereocenters. The molecule has 39 heavy (non-hydrogen) atoms. The lowest BCUT2D eigenvalue weighted by Gasteiger charge is -2.12. The van der Waals surface area contributed by atoms with Crippen LogP contribution in [-0.4, -0.2) is 28.3 Å². The highest BCUT2D eigenvalue weighted by atomic mass is 32.2. The number of anilines is 1. The Hall–Kier alpha value is -5.02. The number of thioether (sulfide) groups is 1. The van der Waals surface area contributed by atoms with Gasteiger partial charge in [0.1, 0.15) is 5.70 Å². The number of Topliss-reactive ketones (excluding diaryl/α,β-unsaturated/α-hetero) is 1. The van der Waals surface area contributed by atoms with E-state index in [2.05, 4.69) is 10.6 Å². The number of non-ortho nitro benzene ring substituents is 1. The van der Waals surface area contributed by atoms with E-state index >= 15 is 0 Å². The van der Waals surface area contributed by atoms with Crippen molar-refractivity contribution in [3.05, 3.63) is 142 Å². The van der Waals surface area contributed by atoms with Gasteiger partial charge < -0.3 is 10.6 Å². The van der Waals surface area contributed by atoms with Crippen LogP contribution in [0.25, 0.3) is 6.08 Å². The van der Waals surface area contributed by atoms with Gasteiger partial charge in [0, 0.05) is 33.8 Å². The Kier molecular flexibility index (Phi) is 8.99. The van der Waals surface area contributed by atoms with Crippen LogP contribution in [0.3, 0.4) is 0 Å². The Bertz CT molecular complexity index is 1520. The van der Waals surface area contributed by atoms with Crippen LogP contribution in [0.5, 0.6) is 0 Å². The molecule has 0 bridgehead atoms. The van der Waals surface area contributed by atoms with Gasteiger partial charge >= 0.3 is 0 Å². The van der Waals surface area contributed by atoms with Crippen molar-refractivity contribution in [3.8, 4) is 0 Å². The summed E-state index contributed by atoms with van der Waals surface area (Å²) in [6.07, 6.45) is 1.44. The average molecular weight is 538 g/mol. The van der Waals surface area contributed by atoms with E-state index in [4.69, 9.17) is 0 Å². The third-order valence-electron chi connectivity index (χ3n) is 5.50. The SMILES string of the molecule is O=C(Nc1cccc(SCC(=O)c2ccccc2)c1)/C(=C/c1ccc([N+](=O)[O-])cc1)NC(=O)c1ccccc1. The number of nitro groups is 1. The molecule has 9 heteroatoms. The molecule has 0 aliphatic carbocycles.